The Morgan fingerprint density at radius 3 is 1.81 bits per heavy atom. The molecule has 0 bridgehead atoms. The minimum Gasteiger partial charge on any atom is -0.456 e. The third kappa shape index (κ3) is 5.29. The monoisotopic (exact) mass is 665 g/mol. The average Bonchev–Trinajstić information content (AvgIpc) is 3.60. The van der Waals surface area contributed by atoms with Crippen LogP contribution in [-0.4, -0.2) is 15.0 Å². The highest BCUT2D eigenvalue weighted by atomic mass is 16.3. The van der Waals surface area contributed by atoms with Gasteiger partial charge in [0.1, 0.15) is 17.0 Å². The van der Waals surface area contributed by atoms with Crippen LogP contribution in [0.2, 0.25) is 0 Å². The van der Waals surface area contributed by atoms with Crippen molar-refractivity contribution in [2.75, 3.05) is 0 Å². The molecule has 8 aromatic carbocycles. The zero-order valence-corrected chi connectivity index (χ0v) is 28.2. The highest BCUT2D eigenvalue weighted by Gasteiger charge is 2.17. The quantitative estimate of drug-likeness (QED) is 0.166. The second-order valence-electron chi connectivity index (χ2n) is 13.2. The van der Waals surface area contributed by atoms with E-state index in [2.05, 4.69) is 152 Å². The third-order valence-corrected chi connectivity index (χ3v) is 9.97. The van der Waals surface area contributed by atoms with E-state index < -0.39 is 0 Å². The van der Waals surface area contributed by atoms with Gasteiger partial charge in [-0.15, -0.1) is 0 Å². The molecular weight excluding hydrogens is 635 g/mol. The molecule has 4 nitrogen and oxygen atoms in total. The molecule has 244 valence electrons. The fourth-order valence-electron chi connectivity index (χ4n) is 7.48. The summed E-state index contributed by atoms with van der Waals surface area (Å²) in [6, 6.07) is 61.4. The highest BCUT2D eigenvalue weighted by molar-refractivity contribution is 6.09. The number of benzene rings is 8. The second-order valence-corrected chi connectivity index (χ2v) is 13.2. The van der Waals surface area contributed by atoms with E-state index in [0.29, 0.717) is 23.9 Å². The van der Waals surface area contributed by atoms with Gasteiger partial charge in [-0.2, -0.15) is 0 Å². The summed E-state index contributed by atoms with van der Waals surface area (Å²) in [6.07, 6.45) is 0.517. The lowest BCUT2D eigenvalue weighted by molar-refractivity contribution is 0.668. The van der Waals surface area contributed by atoms with E-state index in [9.17, 15) is 0 Å². The Bertz CT molecular complexity index is 2930. The smallest absolute Gasteiger partial charge is 0.163 e. The molecule has 0 unspecified atom stereocenters. The van der Waals surface area contributed by atoms with E-state index in [1.165, 1.54) is 38.2 Å². The minimum absolute atomic E-state index is 0.517. The van der Waals surface area contributed by atoms with Crippen molar-refractivity contribution in [2.45, 2.75) is 6.42 Å². The van der Waals surface area contributed by atoms with Gasteiger partial charge in [-0.3, -0.25) is 0 Å². The van der Waals surface area contributed by atoms with Crippen molar-refractivity contribution in [3.63, 3.8) is 0 Å². The van der Waals surface area contributed by atoms with Crippen LogP contribution in [0.25, 0.3) is 88.5 Å². The molecular formula is C48H31N3O. The average molecular weight is 666 g/mol. The SMILES string of the molecule is c1ccc(-c2nc(Cc3cccc4oc5ccc(-c6ccccc6-c6ccccc6)cc5c34)nc(-c3ccc4ccc5ccccc5c4c3)n2)cc1. The Labute approximate surface area is 300 Å². The van der Waals surface area contributed by atoms with E-state index in [0.717, 1.165) is 44.2 Å². The topological polar surface area (TPSA) is 51.8 Å². The van der Waals surface area contributed by atoms with E-state index >= 15 is 0 Å². The van der Waals surface area contributed by atoms with Crippen LogP contribution < -0.4 is 0 Å². The Morgan fingerprint density at radius 1 is 0.385 bits per heavy atom. The highest BCUT2D eigenvalue weighted by Crippen LogP contribution is 2.38. The molecule has 52 heavy (non-hydrogen) atoms. The van der Waals surface area contributed by atoms with E-state index in [4.69, 9.17) is 19.4 Å². The van der Waals surface area contributed by atoms with Gasteiger partial charge in [0.25, 0.3) is 0 Å². The Kier molecular flexibility index (Phi) is 7.17. The van der Waals surface area contributed by atoms with Crippen molar-refractivity contribution in [1.82, 2.24) is 15.0 Å². The molecule has 0 aliphatic rings. The third-order valence-electron chi connectivity index (χ3n) is 9.97. The molecule has 0 saturated carbocycles. The molecule has 0 saturated heterocycles. The van der Waals surface area contributed by atoms with Crippen LogP contribution in [0, 0.1) is 0 Å². The molecule has 10 rings (SSSR count). The van der Waals surface area contributed by atoms with Gasteiger partial charge >= 0.3 is 0 Å². The van der Waals surface area contributed by atoms with Gasteiger partial charge in [-0.25, -0.2) is 15.0 Å². The standard InChI is InChI=1S/C48H31N3O/c1-3-12-31(13-4-1)38-18-9-10-20-40(38)35-26-27-43-42(28-35)46-36(17-11-21-44(46)52-43)30-45-49-47(34-15-5-2-6-16-34)51-48(50-45)37-25-24-33-23-22-32-14-7-8-19-39(32)41(33)29-37/h1-29H,30H2. The Hall–Kier alpha value is -6.91. The van der Waals surface area contributed by atoms with Gasteiger partial charge < -0.3 is 4.42 Å². The molecule has 10 aromatic rings. The van der Waals surface area contributed by atoms with Crippen LogP contribution in [0.3, 0.4) is 0 Å². The van der Waals surface area contributed by atoms with Crippen LogP contribution in [0.5, 0.6) is 0 Å². The van der Waals surface area contributed by atoms with Crippen LogP contribution in [0.15, 0.2) is 180 Å². The van der Waals surface area contributed by atoms with Crippen LogP contribution in [-0.2, 0) is 6.42 Å². The second kappa shape index (κ2) is 12.4. The number of aromatic nitrogens is 3. The van der Waals surface area contributed by atoms with Crippen molar-refractivity contribution in [3.05, 3.63) is 187 Å². The summed E-state index contributed by atoms with van der Waals surface area (Å²) in [5, 5.41) is 6.94. The molecule has 4 heteroatoms. The van der Waals surface area contributed by atoms with Gasteiger partial charge in [-0.1, -0.05) is 152 Å². The Morgan fingerprint density at radius 2 is 1.00 bits per heavy atom. The Balaban J connectivity index is 1.11. The summed E-state index contributed by atoms with van der Waals surface area (Å²) >= 11 is 0. The summed E-state index contributed by atoms with van der Waals surface area (Å²) in [5.74, 6) is 2.01. The molecule has 0 spiro atoms. The maximum Gasteiger partial charge on any atom is 0.163 e. The zero-order chi connectivity index (χ0) is 34.4. The first-order chi connectivity index (χ1) is 25.7. The fourth-order valence-corrected chi connectivity index (χ4v) is 7.48. The summed E-state index contributed by atoms with van der Waals surface area (Å²) in [7, 11) is 0. The number of fused-ring (bicyclic) bond motifs is 6. The first kappa shape index (κ1) is 30.0. The van der Waals surface area contributed by atoms with E-state index in [-0.39, 0.29) is 0 Å². The predicted octanol–water partition coefficient (Wildman–Crippen LogP) is 12.3. The number of furan rings is 1. The molecule has 0 radical (unpaired) electrons. The van der Waals surface area contributed by atoms with Gasteiger partial charge in [0.05, 0.1) is 0 Å². The molecule has 2 aromatic heterocycles. The van der Waals surface area contributed by atoms with Crippen molar-refractivity contribution < 1.29 is 4.42 Å². The lowest BCUT2D eigenvalue weighted by atomic mass is 9.93. The summed E-state index contributed by atoms with van der Waals surface area (Å²) in [4.78, 5) is 15.2. The van der Waals surface area contributed by atoms with Crippen molar-refractivity contribution >= 4 is 43.5 Å². The van der Waals surface area contributed by atoms with Crippen molar-refractivity contribution in [2.24, 2.45) is 0 Å². The van der Waals surface area contributed by atoms with Crippen molar-refractivity contribution in [1.29, 1.82) is 0 Å². The van der Waals surface area contributed by atoms with Crippen LogP contribution in [0.4, 0.5) is 0 Å². The molecule has 2 heterocycles. The largest absolute Gasteiger partial charge is 0.456 e. The normalized spacial score (nSPS) is 11.5. The predicted molar refractivity (Wildman–Crippen MR) is 213 cm³/mol. The molecule has 0 fully saturated rings. The summed E-state index contributed by atoms with van der Waals surface area (Å²) in [5.41, 5.74) is 9.42. The number of rotatable bonds is 6. The lowest BCUT2D eigenvalue weighted by Gasteiger charge is -2.11. The summed E-state index contributed by atoms with van der Waals surface area (Å²) in [6.45, 7) is 0. The van der Waals surface area contributed by atoms with Crippen LogP contribution in [0.1, 0.15) is 11.4 Å². The zero-order valence-electron chi connectivity index (χ0n) is 28.2. The molecule has 0 aliphatic heterocycles. The first-order valence-electron chi connectivity index (χ1n) is 17.6. The van der Waals surface area contributed by atoms with Gasteiger partial charge in [0.2, 0.25) is 0 Å². The molecule has 0 atom stereocenters. The maximum absolute atomic E-state index is 6.45. The lowest BCUT2D eigenvalue weighted by Crippen LogP contribution is -2.04. The van der Waals surface area contributed by atoms with Gasteiger partial charge in [0, 0.05) is 28.3 Å². The van der Waals surface area contributed by atoms with Crippen LogP contribution >= 0.6 is 0 Å². The van der Waals surface area contributed by atoms with E-state index in [1.807, 2.05) is 24.3 Å². The number of hydrogen-bond donors (Lipinski definition) is 0. The minimum atomic E-state index is 0.517. The van der Waals surface area contributed by atoms with Gasteiger partial charge in [0.15, 0.2) is 11.6 Å². The van der Waals surface area contributed by atoms with Gasteiger partial charge in [-0.05, 0) is 73.6 Å². The maximum atomic E-state index is 6.45. The van der Waals surface area contributed by atoms with E-state index in [1.54, 1.807) is 0 Å². The molecule has 0 aliphatic carbocycles. The first-order valence-corrected chi connectivity index (χ1v) is 17.6. The molecule has 0 N–H and O–H groups in total. The number of hydrogen-bond acceptors (Lipinski definition) is 4. The fraction of sp³-hybridized carbons (Fsp3) is 0.0208. The molecule has 0 amide bonds. The number of nitrogens with zero attached hydrogens (tertiary/aromatic N) is 3. The van der Waals surface area contributed by atoms with Crippen molar-refractivity contribution in [3.8, 4) is 45.0 Å². The summed E-state index contributed by atoms with van der Waals surface area (Å²) < 4.78 is 6.45.